The van der Waals surface area contributed by atoms with E-state index in [-0.39, 0.29) is 18.1 Å². The molecule has 0 atom stereocenters. The molecular weight excluding hydrogens is 209 g/mol. The predicted octanol–water partition coefficient (Wildman–Crippen LogP) is 2.25. The first-order valence-electron chi connectivity index (χ1n) is 4.67. The molecule has 16 heavy (non-hydrogen) atoms. The molecule has 0 aliphatic carbocycles. The van der Waals surface area contributed by atoms with Crippen molar-refractivity contribution in [1.29, 1.82) is 5.26 Å². The molecule has 0 aliphatic heterocycles. The van der Waals surface area contributed by atoms with E-state index in [4.69, 9.17) is 9.78 Å². The van der Waals surface area contributed by atoms with Crippen LogP contribution >= 0.6 is 0 Å². The van der Waals surface area contributed by atoms with Gasteiger partial charge in [-0.05, 0) is 24.6 Å². The fourth-order valence-corrected chi connectivity index (χ4v) is 1.34. The van der Waals surface area contributed by atoms with E-state index in [9.17, 15) is 4.39 Å². The van der Waals surface area contributed by atoms with Crippen LogP contribution in [-0.4, -0.2) is 10.1 Å². The van der Waals surface area contributed by atoms with Crippen molar-refractivity contribution in [2.75, 3.05) is 0 Å². The fraction of sp³-hybridized carbons (Fsp3) is 0.182. The molecule has 2 rings (SSSR count). The monoisotopic (exact) mass is 217 g/mol. The van der Waals surface area contributed by atoms with Crippen LogP contribution in [0, 0.1) is 24.1 Å². The summed E-state index contributed by atoms with van der Waals surface area (Å²) in [5.41, 5.74) is 1.43. The fourth-order valence-electron chi connectivity index (χ4n) is 1.34. The zero-order valence-electron chi connectivity index (χ0n) is 8.57. The molecule has 1 aromatic carbocycles. The van der Waals surface area contributed by atoms with Gasteiger partial charge in [0.2, 0.25) is 11.7 Å². The van der Waals surface area contributed by atoms with Crippen LogP contribution in [0.15, 0.2) is 22.7 Å². The maximum absolute atomic E-state index is 13.0. The minimum atomic E-state index is -0.354. The van der Waals surface area contributed by atoms with Crippen LogP contribution in [0.1, 0.15) is 11.5 Å². The second-order valence-corrected chi connectivity index (χ2v) is 3.31. The van der Waals surface area contributed by atoms with Gasteiger partial charge in [0.1, 0.15) is 12.2 Å². The van der Waals surface area contributed by atoms with Gasteiger partial charge >= 0.3 is 0 Å². The zero-order chi connectivity index (χ0) is 11.5. The summed E-state index contributed by atoms with van der Waals surface area (Å²) in [5, 5.41) is 12.2. The second kappa shape index (κ2) is 4.11. The third kappa shape index (κ3) is 1.91. The van der Waals surface area contributed by atoms with E-state index >= 15 is 0 Å². The lowest BCUT2D eigenvalue weighted by molar-refractivity contribution is 0.388. The van der Waals surface area contributed by atoms with Gasteiger partial charge in [0, 0.05) is 5.56 Å². The van der Waals surface area contributed by atoms with Crippen LogP contribution in [0.25, 0.3) is 11.4 Å². The number of rotatable bonds is 2. The smallest absolute Gasteiger partial charge is 0.241 e. The third-order valence-corrected chi connectivity index (χ3v) is 2.14. The lowest BCUT2D eigenvalue weighted by Gasteiger charge is -1.99. The number of aryl methyl sites for hydroxylation is 1. The van der Waals surface area contributed by atoms with Crippen molar-refractivity contribution in [2.45, 2.75) is 13.3 Å². The first kappa shape index (κ1) is 10.3. The molecule has 0 unspecified atom stereocenters. The first-order valence-corrected chi connectivity index (χ1v) is 4.67. The van der Waals surface area contributed by atoms with Crippen molar-refractivity contribution in [3.63, 3.8) is 0 Å². The Hall–Kier alpha value is -2.22. The van der Waals surface area contributed by atoms with E-state index in [1.807, 2.05) is 13.0 Å². The van der Waals surface area contributed by atoms with Crippen molar-refractivity contribution >= 4 is 0 Å². The topological polar surface area (TPSA) is 62.7 Å². The van der Waals surface area contributed by atoms with E-state index in [2.05, 4.69) is 10.1 Å². The second-order valence-electron chi connectivity index (χ2n) is 3.31. The van der Waals surface area contributed by atoms with Gasteiger partial charge in [-0.15, -0.1) is 0 Å². The average Bonchev–Trinajstić information content (AvgIpc) is 2.71. The van der Waals surface area contributed by atoms with Crippen LogP contribution in [-0.2, 0) is 6.42 Å². The molecule has 0 amide bonds. The number of nitriles is 1. The number of hydrogen-bond donors (Lipinski definition) is 0. The minimum absolute atomic E-state index is 0.0569. The molecule has 0 N–H and O–H groups in total. The van der Waals surface area contributed by atoms with E-state index in [1.165, 1.54) is 12.1 Å². The molecule has 0 radical (unpaired) electrons. The number of aromatic nitrogens is 2. The highest BCUT2D eigenvalue weighted by molar-refractivity contribution is 5.59. The van der Waals surface area contributed by atoms with Gasteiger partial charge in [-0.1, -0.05) is 11.2 Å². The molecule has 1 aromatic heterocycles. The predicted molar refractivity (Wildman–Crippen MR) is 53.7 cm³/mol. The Balaban J connectivity index is 2.42. The highest BCUT2D eigenvalue weighted by Crippen LogP contribution is 2.21. The molecule has 0 saturated carbocycles. The molecular formula is C11H8FN3O. The summed E-state index contributed by atoms with van der Waals surface area (Å²) in [6.45, 7) is 1.83. The molecule has 2 aromatic rings. The maximum Gasteiger partial charge on any atom is 0.241 e. The Morgan fingerprint density at radius 3 is 3.06 bits per heavy atom. The van der Waals surface area contributed by atoms with Crippen LogP contribution < -0.4 is 0 Å². The summed E-state index contributed by atoms with van der Waals surface area (Å²) in [6.07, 6.45) is 0.0569. The van der Waals surface area contributed by atoms with Gasteiger partial charge in [-0.2, -0.15) is 10.2 Å². The summed E-state index contributed by atoms with van der Waals surface area (Å²) < 4.78 is 17.9. The van der Waals surface area contributed by atoms with Gasteiger partial charge in [0.25, 0.3) is 0 Å². The van der Waals surface area contributed by atoms with Crippen LogP contribution in [0.3, 0.4) is 0 Å². The normalized spacial score (nSPS) is 10.1. The molecule has 0 saturated heterocycles. The quantitative estimate of drug-likeness (QED) is 0.773. The summed E-state index contributed by atoms with van der Waals surface area (Å²) in [4.78, 5) is 4.01. The molecule has 5 heteroatoms. The minimum Gasteiger partial charge on any atom is -0.338 e. The Bertz CT molecular complexity index is 557. The molecule has 0 spiro atoms. The summed E-state index contributed by atoms with van der Waals surface area (Å²) in [5.74, 6) is 0.190. The summed E-state index contributed by atoms with van der Waals surface area (Å²) >= 11 is 0. The molecule has 0 fully saturated rings. The highest BCUT2D eigenvalue weighted by atomic mass is 19.1. The zero-order valence-corrected chi connectivity index (χ0v) is 8.57. The molecule has 0 aliphatic rings. The van der Waals surface area contributed by atoms with Crippen LogP contribution in [0.4, 0.5) is 4.39 Å². The number of hydrogen-bond acceptors (Lipinski definition) is 4. The van der Waals surface area contributed by atoms with Gasteiger partial charge in [-0.25, -0.2) is 4.39 Å². The Morgan fingerprint density at radius 1 is 1.50 bits per heavy atom. The number of nitrogens with zero attached hydrogens (tertiary/aromatic N) is 3. The van der Waals surface area contributed by atoms with Gasteiger partial charge < -0.3 is 4.52 Å². The van der Waals surface area contributed by atoms with E-state index in [0.29, 0.717) is 11.4 Å². The van der Waals surface area contributed by atoms with E-state index in [1.54, 1.807) is 6.07 Å². The summed E-state index contributed by atoms with van der Waals surface area (Å²) in [7, 11) is 0. The summed E-state index contributed by atoms with van der Waals surface area (Å²) in [6, 6.07) is 6.26. The number of benzene rings is 1. The van der Waals surface area contributed by atoms with Gasteiger partial charge in [0.05, 0.1) is 6.07 Å². The van der Waals surface area contributed by atoms with Crippen molar-refractivity contribution in [3.05, 3.63) is 35.5 Å². The lowest BCUT2D eigenvalue weighted by Crippen LogP contribution is -1.88. The van der Waals surface area contributed by atoms with Crippen LogP contribution in [0.2, 0.25) is 0 Å². The van der Waals surface area contributed by atoms with Crippen molar-refractivity contribution in [1.82, 2.24) is 10.1 Å². The lowest BCUT2D eigenvalue weighted by atomic mass is 10.1. The Labute approximate surface area is 91.3 Å². The standard InChI is InChI=1S/C11H8FN3O/c1-7-2-3-8(12)6-9(7)11-14-10(4-5-13)16-15-11/h2-3,6H,4H2,1H3. The van der Waals surface area contributed by atoms with E-state index in [0.717, 1.165) is 5.56 Å². The van der Waals surface area contributed by atoms with Crippen LogP contribution in [0.5, 0.6) is 0 Å². The molecule has 1 heterocycles. The largest absolute Gasteiger partial charge is 0.338 e. The molecule has 4 nitrogen and oxygen atoms in total. The SMILES string of the molecule is Cc1ccc(F)cc1-c1noc(CC#N)n1. The van der Waals surface area contributed by atoms with Crippen molar-refractivity contribution in [3.8, 4) is 17.5 Å². The maximum atomic E-state index is 13.0. The molecule has 0 bridgehead atoms. The van der Waals surface area contributed by atoms with Crippen molar-refractivity contribution < 1.29 is 8.91 Å². The third-order valence-electron chi connectivity index (χ3n) is 2.14. The van der Waals surface area contributed by atoms with Crippen molar-refractivity contribution in [2.24, 2.45) is 0 Å². The van der Waals surface area contributed by atoms with E-state index < -0.39 is 0 Å². The number of halogens is 1. The first-order chi connectivity index (χ1) is 7.70. The van der Waals surface area contributed by atoms with Gasteiger partial charge in [-0.3, -0.25) is 0 Å². The Kier molecular flexibility index (Phi) is 2.64. The average molecular weight is 217 g/mol. The Morgan fingerprint density at radius 2 is 2.31 bits per heavy atom. The highest BCUT2D eigenvalue weighted by Gasteiger charge is 2.11. The van der Waals surface area contributed by atoms with Gasteiger partial charge in [0.15, 0.2) is 0 Å². The molecule has 80 valence electrons.